The summed E-state index contributed by atoms with van der Waals surface area (Å²) in [6, 6.07) is 16.7. The van der Waals surface area contributed by atoms with Gasteiger partial charge in [-0.15, -0.1) is 0 Å². The maximum absolute atomic E-state index is 12.7. The molecule has 10 heteroatoms. The molecule has 2 aliphatic heterocycles. The van der Waals surface area contributed by atoms with Gasteiger partial charge in [0.05, 0.1) is 18.2 Å². The third-order valence-electron chi connectivity index (χ3n) is 6.54. The van der Waals surface area contributed by atoms with Crippen molar-refractivity contribution in [1.82, 2.24) is 26.1 Å². The predicted octanol–water partition coefficient (Wildman–Crippen LogP) is 2.88. The Hall–Kier alpha value is -4.18. The maximum Gasteiger partial charge on any atom is 0.320 e. The number of nitrogens with one attached hydrogen (secondary N) is 5. The van der Waals surface area contributed by atoms with E-state index in [0.29, 0.717) is 18.8 Å². The molecule has 2 aliphatic rings. The molecule has 0 saturated carbocycles. The first kappa shape index (κ1) is 23.6. The van der Waals surface area contributed by atoms with Gasteiger partial charge in [0.15, 0.2) is 5.82 Å². The first-order valence-corrected chi connectivity index (χ1v) is 12.1. The lowest BCUT2D eigenvalue weighted by Crippen LogP contribution is -2.35. The van der Waals surface area contributed by atoms with Gasteiger partial charge in [-0.2, -0.15) is 5.10 Å². The van der Waals surface area contributed by atoms with Crippen LogP contribution in [-0.2, 0) is 22.6 Å². The fourth-order valence-electron chi connectivity index (χ4n) is 4.61. The second-order valence-electron chi connectivity index (χ2n) is 9.07. The van der Waals surface area contributed by atoms with Crippen molar-refractivity contribution in [2.45, 2.75) is 44.9 Å². The van der Waals surface area contributed by atoms with Crippen LogP contribution in [0.15, 0.2) is 54.6 Å². The van der Waals surface area contributed by atoms with E-state index >= 15 is 0 Å². The lowest BCUT2D eigenvalue weighted by Gasteiger charge is -2.16. The van der Waals surface area contributed by atoms with Gasteiger partial charge in [0, 0.05) is 30.8 Å². The van der Waals surface area contributed by atoms with Gasteiger partial charge in [-0.3, -0.25) is 25.3 Å². The molecule has 186 valence electrons. The number of hydrogen-bond donors (Lipinski definition) is 5. The van der Waals surface area contributed by atoms with Gasteiger partial charge < -0.3 is 15.5 Å². The van der Waals surface area contributed by atoms with Gasteiger partial charge in [0.1, 0.15) is 6.17 Å². The van der Waals surface area contributed by atoms with Crippen molar-refractivity contribution in [3.8, 4) is 0 Å². The maximum atomic E-state index is 12.7. The van der Waals surface area contributed by atoms with Crippen LogP contribution in [-0.4, -0.2) is 34.6 Å². The standard InChI is InChI=1S/C26H29N7O3/c1-16(18-6-3-2-4-7-18)28-26(36)30-24-20-15-27-25(23(20)31-32-24)29-21(34)14-17-9-11-19(12-10-17)33-13-5-8-22(33)35/h2-4,6-7,9-12,16,25,27H,5,8,13-15H2,1H3,(H,29,34)(H3,28,30,31,32,36). The van der Waals surface area contributed by atoms with Gasteiger partial charge in [0.25, 0.3) is 0 Å². The molecule has 4 amide bonds. The zero-order valence-corrected chi connectivity index (χ0v) is 20.0. The molecule has 0 radical (unpaired) electrons. The summed E-state index contributed by atoms with van der Waals surface area (Å²) < 4.78 is 0. The Kier molecular flexibility index (Phi) is 6.68. The summed E-state index contributed by atoms with van der Waals surface area (Å²) in [5, 5.41) is 19.1. The molecular formula is C26H29N7O3. The number of aromatic amines is 1. The lowest BCUT2D eigenvalue weighted by atomic mass is 10.1. The minimum Gasteiger partial charge on any atom is -0.335 e. The normalized spacial score (nSPS) is 17.5. The molecule has 1 aromatic heterocycles. The zero-order valence-electron chi connectivity index (χ0n) is 20.0. The summed E-state index contributed by atoms with van der Waals surface area (Å²) in [7, 11) is 0. The van der Waals surface area contributed by atoms with Gasteiger partial charge in [-0.25, -0.2) is 4.79 Å². The van der Waals surface area contributed by atoms with Crippen LogP contribution in [0.2, 0.25) is 0 Å². The van der Waals surface area contributed by atoms with Gasteiger partial charge in [-0.1, -0.05) is 42.5 Å². The van der Waals surface area contributed by atoms with E-state index < -0.39 is 6.17 Å². The molecule has 2 unspecified atom stereocenters. The third kappa shape index (κ3) is 5.08. The summed E-state index contributed by atoms with van der Waals surface area (Å²) in [4.78, 5) is 38.9. The predicted molar refractivity (Wildman–Crippen MR) is 135 cm³/mol. The molecule has 0 bridgehead atoms. The summed E-state index contributed by atoms with van der Waals surface area (Å²) in [5.74, 6) is 0.420. The average molecular weight is 488 g/mol. The van der Waals surface area contributed by atoms with Crippen molar-refractivity contribution in [3.05, 3.63) is 77.0 Å². The number of amides is 4. The van der Waals surface area contributed by atoms with Crippen LogP contribution in [0.5, 0.6) is 0 Å². The van der Waals surface area contributed by atoms with Crippen molar-refractivity contribution >= 4 is 29.4 Å². The number of anilines is 2. The first-order chi connectivity index (χ1) is 17.5. The SMILES string of the molecule is CC(NC(=O)Nc1n[nH]c2c1CNC2NC(=O)Cc1ccc(N2CCCC2=O)cc1)c1ccccc1. The van der Waals surface area contributed by atoms with E-state index in [1.54, 1.807) is 4.90 Å². The van der Waals surface area contributed by atoms with Crippen LogP contribution in [0.1, 0.15) is 54.4 Å². The summed E-state index contributed by atoms with van der Waals surface area (Å²) >= 11 is 0. The molecule has 5 N–H and O–H groups in total. The van der Waals surface area contributed by atoms with Crippen LogP contribution >= 0.6 is 0 Å². The number of urea groups is 1. The molecule has 0 spiro atoms. The highest BCUT2D eigenvalue weighted by Crippen LogP contribution is 2.27. The van der Waals surface area contributed by atoms with Crippen LogP contribution in [0.3, 0.4) is 0 Å². The number of rotatable bonds is 7. The average Bonchev–Trinajstić information content (AvgIpc) is 3.59. The van der Waals surface area contributed by atoms with Crippen molar-refractivity contribution in [3.63, 3.8) is 0 Å². The van der Waals surface area contributed by atoms with Crippen molar-refractivity contribution in [2.75, 3.05) is 16.8 Å². The monoisotopic (exact) mass is 487 g/mol. The minimum atomic E-state index is -0.427. The van der Waals surface area contributed by atoms with Gasteiger partial charge in [-0.05, 0) is 36.6 Å². The number of carbonyl (C=O) groups excluding carboxylic acids is 3. The molecule has 2 atom stereocenters. The molecule has 36 heavy (non-hydrogen) atoms. The quantitative estimate of drug-likeness (QED) is 0.350. The van der Waals surface area contributed by atoms with Crippen LogP contribution in [0.25, 0.3) is 0 Å². The second kappa shape index (κ2) is 10.2. The number of aromatic nitrogens is 2. The Morgan fingerprint density at radius 3 is 2.64 bits per heavy atom. The number of fused-ring (bicyclic) bond motifs is 1. The molecule has 5 rings (SSSR count). The van der Waals surface area contributed by atoms with E-state index in [9.17, 15) is 14.4 Å². The Labute approximate surface area is 208 Å². The van der Waals surface area contributed by atoms with E-state index in [0.717, 1.165) is 41.0 Å². The molecule has 3 heterocycles. The number of carbonyl (C=O) groups is 3. The van der Waals surface area contributed by atoms with Crippen LogP contribution in [0, 0.1) is 0 Å². The van der Waals surface area contributed by atoms with Crippen molar-refractivity contribution < 1.29 is 14.4 Å². The molecule has 3 aromatic rings. The van der Waals surface area contributed by atoms with E-state index in [4.69, 9.17) is 0 Å². The molecular weight excluding hydrogens is 458 g/mol. The zero-order chi connectivity index (χ0) is 25.1. The van der Waals surface area contributed by atoms with E-state index in [1.165, 1.54) is 0 Å². The van der Waals surface area contributed by atoms with Crippen LogP contribution < -0.4 is 26.2 Å². The molecule has 2 aromatic carbocycles. The number of nitrogens with zero attached hydrogens (tertiary/aromatic N) is 2. The first-order valence-electron chi connectivity index (χ1n) is 12.1. The summed E-state index contributed by atoms with van der Waals surface area (Å²) in [6.45, 7) is 3.11. The Morgan fingerprint density at radius 1 is 1.14 bits per heavy atom. The Balaban J connectivity index is 1.15. The van der Waals surface area contributed by atoms with Crippen LogP contribution in [0.4, 0.5) is 16.3 Å². The Bertz CT molecular complexity index is 1260. The number of hydrogen-bond acceptors (Lipinski definition) is 5. The van der Waals surface area contributed by atoms with Gasteiger partial charge >= 0.3 is 6.03 Å². The van der Waals surface area contributed by atoms with Crippen molar-refractivity contribution in [2.24, 2.45) is 0 Å². The highest BCUT2D eigenvalue weighted by molar-refractivity contribution is 5.95. The minimum absolute atomic E-state index is 0.139. The molecule has 1 fully saturated rings. The van der Waals surface area contributed by atoms with E-state index in [1.807, 2.05) is 61.5 Å². The number of benzene rings is 2. The summed E-state index contributed by atoms with van der Waals surface area (Å²) in [5.41, 5.74) is 4.25. The smallest absolute Gasteiger partial charge is 0.320 e. The second-order valence-corrected chi connectivity index (χ2v) is 9.07. The Morgan fingerprint density at radius 2 is 1.92 bits per heavy atom. The summed E-state index contributed by atoms with van der Waals surface area (Å²) in [6.07, 6.45) is 1.24. The topological polar surface area (TPSA) is 131 Å². The lowest BCUT2D eigenvalue weighted by molar-refractivity contribution is -0.121. The van der Waals surface area contributed by atoms with E-state index in [-0.39, 0.29) is 30.3 Å². The number of H-pyrrole nitrogens is 1. The van der Waals surface area contributed by atoms with Crippen molar-refractivity contribution in [1.29, 1.82) is 0 Å². The highest BCUT2D eigenvalue weighted by atomic mass is 16.2. The highest BCUT2D eigenvalue weighted by Gasteiger charge is 2.29. The third-order valence-corrected chi connectivity index (χ3v) is 6.54. The largest absolute Gasteiger partial charge is 0.335 e. The van der Waals surface area contributed by atoms with E-state index in [2.05, 4.69) is 31.5 Å². The molecule has 1 saturated heterocycles. The molecule has 10 nitrogen and oxygen atoms in total. The fraction of sp³-hybridized carbons (Fsp3) is 0.308. The fourth-order valence-corrected chi connectivity index (χ4v) is 4.61. The molecule has 0 aliphatic carbocycles. The van der Waals surface area contributed by atoms with Gasteiger partial charge in [0.2, 0.25) is 11.8 Å².